The monoisotopic (exact) mass is 381 g/mol. The van der Waals surface area contributed by atoms with Gasteiger partial charge in [0.2, 0.25) is 0 Å². The van der Waals surface area contributed by atoms with Crippen molar-refractivity contribution < 1.29 is 9.84 Å². The molecule has 3 aromatic rings. The number of anilines is 1. The third-order valence-electron chi connectivity index (χ3n) is 5.00. The molecule has 0 amide bonds. The van der Waals surface area contributed by atoms with Crippen molar-refractivity contribution in [3.63, 3.8) is 0 Å². The lowest BCUT2D eigenvalue weighted by molar-refractivity contribution is 0.188. The molecule has 1 aliphatic rings. The van der Waals surface area contributed by atoms with Crippen molar-refractivity contribution in [2.45, 2.75) is 20.0 Å². The summed E-state index contributed by atoms with van der Waals surface area (Å²) in [5.41, 5.74) is 2.00. The van der Waals surface area contributed by atoms with E-state index in [9.17, 15) is 0 Å². The number of benzene rings is 1. The normalized spacial score (nSPS) is 15.5. The minimum Gasteiger partial charge on any atom is -0.491 e. The van der Waals surface area contributed by atoms with Crippen LogP contribution in [-0.2, 0) is 0 Å². The van der Waals surface area contributed by atoms with Crippen LogP contribution < -0.4 is 9.64 Å². The van der Waals surface area contributed by atoms with E-state index in [2.05, 4.69) is 25.9 Å². The summed E-state index contributed by atoms with van der Waals surface area (Å²) < 4.78 is 7.79. The van der Waals surface area contributed by atoms with Crippen molar-refractivity contribution in [3.05, 3.63) is 42.7 Å². The van der Waals surface area contributed by atoms with E-state index < -0.39 is 0 Å². The first-order valence-corrected chi connectivity index (χ1v) is 9.83. The Morgan fingerprint density at radius 3 is 2.68 bits per heavy atom. The highest BCUT2D eigenvalue weighted by molar-refractivity contribution is 5.81. The molecule has 148 valence electrons. The molecule has 1 fully saturated rings. The summed E-state index contributed by atoms with van der Waals surface area (Å²) in [6.07, 6.45) is 3.85. The molecule has 4 rings (SSSR count). The molecule has 1 aromatic carbocycles. The smallest absolute Gasteiger partial charge is 0.130 e. The van der Waals surface area contributed by atoms with E-state index >= 15 is 0 Å². The molecule has 0 radical (unpaired) electrons. The van der Waals surface area contributed by atoms with E-state index in [4.69, 9.17) is 9.84 Å². The summed E-state index contributed by atoms with van der Waals surface area (Å²) in [7, 11) is 0. The number of aliphatic hydroxyl groups excluding tert-OH is 1. The predicted molar refractivity (Wildman–Crippen MR) is 110 cm³/mol. The molecule has 7 nitrogen and oxygen atoms in total. The fourth-order valence-corrected chi connectivity index (χ4v) is 3.60. The molecule has 1 saturated heterocycles. The third-order valence-corrected chi connectivity index (χ3v) is 5.00. The Kier molecular flexibility index (Phi) is 5.45. The van der Waals surface area contributed by atoms with Crippen LogP contribution in [0, 0.1) is 0 Å². The molecular weight excluding hydrogens is 354 g/mol. The van der Waals surface area contributed by atoms with Crippen LogP contribution in [0.15, 0.2) is 42.7 Å². The second kappa shape index (κ2) is 8.16. The highest BCUT2D eigenvalue weighted by atomic mass is 16.5. The van der Waals surface area contributed by atoms with Crippen LogP contribution in [0.4, 0.5) is 5.82 Å². The molecule has 3 heterocycles. The summed E-state index contributed by atoms with van der Waals surface area (Å²) in [4.78, 5) is 9.14. The number of β-amino-alcohol motifs (C(OH)–C–C–N with tert-alkyl or cyclic N) is 1. The summed E-state index contributed by atoms with van der Waals surface area (Å²) in [5, 5.41) is 14.8. The summed E-state index contributed by atoms with van der Waals surface area (Å²) in [6, 6.07) is 10.1. The Balaban J connectivity index is 1.59. The van der Waals surface area contributed by atoms with Crippen molar-refractivity contribution in [2.24, 2.45) is 0 Å². The zero-order valence-electron chi connectivity index (χ0n) is 16.5. The van der Waals surface area contributed by atoms with Crippen LogP contribution in [0.5, 0.6) is 5.75 Å². The number of ether oxygens (including phenoxy) is 1. The molecule has 2 aromatic heterocycles. The van der Waals surface area contributed by atoms with Crippen molar-refractivity contribution in [1.29, 1.82) is 0 Å². The zero-order chi connectivity index (χ0) is 19.5. The van der Waals surface area contributed by atoms with E-state index in [1.807, 2.05) is 55.2 Å². The summed E-state index contributed by atoms with van der Waals surface area (Å²) in [6.45, 7) is 8.68. The van der Waals surface area contributed by atoms with Crippen LogP contribution in [0.2, 0.25) is 0 Å². The maximum atomic E-state index is 9.11. The van der Waals surface area contributed by atoms with Gasteiger partial charge in [-0.05, 0) is 32.0 Å². The Labute approximate surface area is 165 Å². The largest absolute Gasteiger partial charge is 0.491 e. The maximum absolute atomic E-state index is 9.11. The van der Waals surface area contributed by atoms with Gasteiger partial charge in [-0.3, -0.25) is 4.90 Å². The number of fused-ring (bicyclic) bond motifs is 1. The van der Waals surface area contributed by atoms with E-state index in [1.165, 1.54) is 0 Å². The molecule has 0 saturated carbocycles. The van der Waals surface area contributed by atoms with Gasteiger partial charge in [0.1, 0.15) is 11.6 Å². The van der Waals surface area contributed by atoms with Gasteiger partial charge in [-0.2, -0.15) is 5.10 Å². The number of nitrogens with zero attached hydrogens (tertiary/aromatic N) is 5. The third kappa shape index (κ3) is 3.95. The molecule has 0 atom stereocenters. The van der Waals surface area contributed by atoms with Crippen molar-refractivity contribution in [2.75, 3.05) is 44.2 Å². The topological polar surface area (TPSA) is 66.7 Å². The minimum atomic E-state index is 0.130. The Bertz CT molecular complexity index is 931. The quantitative estimate of drug-likeness (QED) is 0.707. The first-order chi connectivity index (χ1) is 13.6. The first kappa shape index (κ1) is 18.7. The highest BCUT2D eigenvalue weighted by Gasteiger charge is 2.18. The zero-order valence-corrected chi connectivity index (χ0v) is 16.5. The van der Waals surface area contributed by atoms with Gasteiger partial charge in [0.05, 0.1) is 30.1 Å². The average Bonchev–Trinajstić information content (AvgIpc) is 3.12. The lowest BCUT2D eigenvalue weighted by atomic mass is 10.2. The van der Waals surface area contributed by atoms with Crippen LogP contribution in [-0.4, -0.2) is 70.2 Å². The number of aromatic nitrogens is 3. The lowest BCUT2D eigenvalue weighted by Gasteiger charge is -2.35. The number of pyridine rings is 1. The van der Waals surface area contributed by atoms with Gasteiger partial charge in [-0.25, -0.2) is 9.67 Å². The SMILES string of the molecule is CC(C)Oc1ccc2cnn(-c3ccnc(N4CCN(CCO)CC4)c3)c2c1. The number of hydrogen-bond donors (Lipinski definition) is 1. The van der Waals surface area contributed by atoms with Crippen LogP contribution in [0.25, 0.3) is 16.6 Å². The summed E-state index contributed by atoms with van der Waals surface area (Å²) in [5.74, 6) is 1.80. The highest BCUT2D eigenvalue weighted by Crippen LogP contribution is 2.25. The number of piperazine rings is 1. The second-order valence-electron chi connectivity index (χ2n) is 7.37. The van der Waals surface area contributed by atoms with Gasteiger partial charge < -0.3 is 14.7 Å². The van der Waals surface area contributed by atoms with Crippen LogP contribution in [0.3, 0.4) is 0 Å². The predicted octanol–water partition coefficient (Wildman–Crippen LogP) is 2.32. The molecule has 0 aliphatic carbocycles. The van der Waals surface area contributed by atoms with E-state index in [0.717, 1.165) is 60.9 Å². The van der Waals surface area contributed by atoms with E-state index in [1.54, 1.807) is 0 Å². The Morgan fingerprint density at radius 2 is 1.93 bits per heavy atom. The van der Waals surface area contributed by atoms with Crippen molar-refractivity contribution in [3.8, 4) is 11.4 Å². The fourth-order valence-electron chi connectivity index (χ4n) is 3.60. The Morgan fingerprint density at radius 1 is 1.11 bits per heavy atom. The molecular formula is C21H27N5O2. The molecule has 7 heteroatoms. The molecule has 1 N–H and O–H groups in total. The lowest BCUT2D eigenvalue weighted by Crippen LogP contribution is -2.47. The first-order valence-electron chi connectivity index (χ1n) is 9.83. The number of hydrogen-bond acceptors (Lipinski definition) is 6. The van der Waals surface area contributed by atoms with Crippen molar-refractivity contribution >= 4 is 16.7 Å². The second-order valence-corrected chi connectivity index (χ2v) is 7.37. The van der Waals surface area contributed by atoms with Gasteiger partial charge >= 0.3 is 0 Å². The molecule has 1 aliphatic heterocycles. The molecule has 0 bridgehead atoms. The minimum absolute atomic E-state index is 0.130. The molecule has 0 unspecified atom stereocenters. The summed E-state index contributed by atoms with van der Waals surface area (Å²) >= 11 is 0. The molecule has 0 spiro atoms. The number of rotatable bonds is 6. The van der Waals surface area contributed by atoms with Gasteiger partial charge in [0.25, 0.3) is 0 Å². The van der Waals surface area contributed by atoms with E-state index in [0.29, 0.717) is 0 Å². The standard InChI is InChI=1S/C21H27N5O2/c1-16(2)28-19-4-3-17-15-23-26(20(17)14-19)18-5-6-22-21(13-18)25-9-7-24(8-10-25)11-12-27/h3-6,13-16,27H,7-12H2,1-2H3. The van der Waals surface area contributed by atoms with Gasteiger partial charge in [0, 0.05) is 56.4 Å². The average molecular weight is 381 g/mol. The van der Waals surface area contributed by atoms with Gasteiger partial charge in [0.15, 0.2) is 0 Å². The van der Waals surface area contributed by atoms with E-state index in [-0.39, 0.29) is 12.7 Å². The Hall–Kier alpha value is -2.64. The van der Waals surface area contributed by atoms with Crippen LogP contribution >= 0.6 is 0 Å². The van der Waals surface area contributed by atoms with Crippen LogP contribution in [0.1, 0.15) is 13.8 Å². The molecule has 28 heavy (non-hydrogen) atoms. The number of aliphatic hydroxyl groups is 1. The fraction of sp³-hybridized carbons (Fsp3) is 0.429. The van der Waals surface area contributed by atoms with Gasteiger partial charge in [-0.15, -0.1) is 0 Å². The maximum Gasteiger partial charge on any atom is 0.130 e. The van der Waals surface area contributed by atoms with Crippen molar-refractivity contribution in [1.82, 2.24) is 19.7 Å². The van der Waals surface area contributed by atoms with Gasteiger partial charge in [-0.1, -0.05) is 0 Å².